The van der Waals surface area contributed by atoms with Crippen molar-refractivity contribution in [3.63, 3.8) is 0 Å². The molecular formula is C20H14ClN3O2S. The van der Waals surface area contributed by atoms with Gasteiger partial charge in [0, 0.05) is 10.6 Å². The van der Waals surface area contributed by atoms with Gasteiger partial charge in [0.05, 0.1) is 4.53 Å². The van der Waals surface area contributed by atoms with Crippen LogP contribution in [0, 0.1) is 0 Å². The van der Waals surface area contributed by atoms with Gasteiger partial charge in [-0.15, -0.1) is 5.10 Å². The van der Waals surface area contributed by atoms with Gasteiger partial charge in [0.1, 0.15) is 12.4 Å². The van der Waals surface area contributed by atoms with Crippen molar-refractivity contribution in [2.45, 2.75) is 0 Å². The first-order valence-electron chi connectivity index (χ1n) is 8.15. The SMILES string of the molecule is C=CCOc1ccc(/C=c2\sc3nc(-c4cccc(Cl)c4)nn3c2=O)cc1. The molecule has 0 radical (unpaired) electrons. The third-order valence-corrected chi connectivity index (χ3v) is 5.00. The van der Waals surface area contributed by atoms with E-state index in [2.05, 4.69) is 16.7 Å². The van der Waals surface area contributed by atoms with E-state index in [4.69, 9.17) is 16.3 Å². The molecule has 2 aromatic carbocycles. The summed E-state index contributed by atoms with van der Waals surface area (Å²) < 4.78 is 7.36. The zero-order valence-electron chi connectivity index (χ0n) is 14.1. The summed E-state index contributed by atoms with van der Waals surface area (Å²) in [6, 6.07) is 14.7. The normalized spacial score (nSPS) is 11.8. The van der Waals surface area contributed by atoms with E-state index in [1.807, 2.05) is 42.5 Å². The highest BCUT2D eigenvalue weighted by Gasteiger charge is 2.12. The molecule has 0 aliphatic heterocycles. The van der Waals surface area contributed by atoms with Crippen LogP contribution in [0.3, 0.4) is 0 Å². The van der Waals surface area contributed by atoms with Gasteiger partial charge in [-0.1, -0.05) is 59.9 Å². The van der Waals surface area contributed by atoms with Crippen molar-refractivity contribution >= 4 is 34.0 Å². The number of halogens is 1. The number of benzene rings is 2. The Balaban J connectivity index is 1.68. The van der Waals surface area contributed by atoms with Crippen LogP contribution in [0.2, 0.25) is 5.02 Å². The van der Waals surface area contributed by atoms with Crippen molar-refractivity contribution in [1.82, 2.24) is 14.6 Å². The summed E-state index contributed by atoms with van der Waals surface area (Å²) in [5.74, 6) is 1.24. The quantitative estimate of drug-likeness (QED) is 0.485. The Kier molecular flexibility index (Phi) is 4.75. The van der Waals surface area contributed by atoms with Crippen LogP contribution in [0.1, 0.15) is 5.56 Å². The van der Waals surface area contributed by atoms with Crippen molar-refractivity contribution in [2.75, 3.05) is 6.61 Å². The fourth-order valence-electron chi connectivity index (χ4n) is 2.55. The fraction of sp³-hybridized carbons (Fsp3) is 0.0500. The molecule has 7 heteroatoms. The molecule has 0 saturated heterocycles. The lowest BCUT2D eigenvalue weighted by Gasteiger charge is -2.02. The van der Waals surface area contributed by atoms with Crippen molar-refractivity contribution in [1.29, 1.82) is 0 Å². The zero-order valence-corrected chi connectivity index (χ0v) is 15.7. The van der Waals surface area contributed by atoms with Gasteiger partial charge >= 0.3 is 0 Å². The van der Waals surface area contributed by atoms with Crippen LogP contribution in [-0.4, -0.2) is 21.2 Å². The molecule has 0 atom stereocenters. The Morgan fingerprint density at radius 3 is 2.74 bits per heavy atom. The van der Waals surface area contributed by atoms with Crippen molar-refractivity contribution in [3.8, 4) is 17.1 Å². The maximum Gasteiger partial charge on any atom is 0.291 e. The summed E-state index contributed by atoms with van der Waals surface area (Å²) in [4.78, 5) is 17.6. The molecule has 0 fully saturated rings. The Hall–Kier alpha value is -2.96. The minimum absolute atomic E-state index is 0.192. The van der Waals surface area contributed by atoms with Crippen molar-refractivity contribution < 1.29 is 4.74 Å². The second kappa shape index (κ2) is 7.34. The average molecular weight is 396 g/mol. The highest BCUT2D eigenvalue weighted by atomic mass is 35.5. The molecule has 4 rings (SSSR count). The first kappa shape index (κ1) is 17.5. The van der Waals surface area contributed by atoms with Crippen LogP contribution in [0.25, 0.3) is 22.4 Å². The van der Waals surface area contributed by atoms with Gasteiger partial charge < -0.3 is 4.74 Å². The number of aromatic nitrogens is 3. The lowest BCUT2D eigenvalue weighted by Crippen LogP contribution is -2.23. The molecule has 0 amide bonds. The summed E-state index contributed by atoms with van der Waals surface area (Å²) >= 11 is 7.31. The maximum absolute atomic E-state index is 12.6. The number of thiazole rings is 1. The third-order valence-electron chi connectivity index (χ3n) is 3.81. The van der Waals surface area contributed by atoms with Crippen molar-refractivity contribution in [3.05, 3.63) is 86.7 Å². The van der Waals surface area contributed by atoms with Crippen LogP contribution < -0.4 is 14.8 Å². The molecule has 2 aromatic heterocycles. The summed E-state index contributed by atoms with van der Waals surface area (Å²) in [7, 11) is 0. The molecule has 134 valence electrons. The van der Waals surface area contributed by atoms with Gasteiger partial charge in [-0.25, -0.2) is 0 Å². The summed E-state index contributed by atoms with van der Waals surface area (Å²) in [5, 5.41) is 4.93. The highest BCUT2D eigenvalue weighted by molar-refractivity contribution is 7.15. The van der Waals surface area contributed by atoms with E-state index in [1.165, 1.54) is 15.9 Å². The molecule has 0 aliphatic rings. The monoisotopic (exact) mass is 395 g/mol. The number of fused-ring (bicyclic) bond motifs is 1. The van der Waals surface area contributed by atoms with Gasteiger partial charge in [0.25, 0.3) is 5.56 Å². The van der Waals surface area contributed by atoms with E-state index in [1.54, 1.807) is 18.2 Å². The number of rotatable bonds is 5. The highest BCUT2D eigenvalue weighted by Crippen LogP contribution is 2.20. The molecule has 27 heavy (non-hydrogen) atoms. The topological polar surface area (TPSA) is 56.5 Å². The minimum Gasteiger partial charge on any atom is -0.490 e. The molecule has 0 bridgehead atoms. The largest absolute Gasteiger partial charge is 0.490 e. The third kappa shape index (κ3) is 3.63. The number of hydrogen-bond donors (Lipinski definition) is 0. The van der Waals surface area contributed by atoms with E-state index in [9.17, 15) is 4.79 Å². The van der Waals surface area contributed by atoms with Gasteiger partial charge in [-0.2, -0.15) is 9.50 Å². The van der Waals surface area contributed by atoms with Crippen molar-refractivity contribution in [2.24, 2.45) is 0 Å². The van der Waals surface area contributed by atoms with Crippen LogP contribution in [-0.2, 0) is 0 Å². The predicted molar refractivity (Wildman–Crippen MR) is 108 cm³/mol. The second-order valence-corrected chi connectivity index (χ2v) is 7.17. The first-order valence-corrected chi connectivity index (χ1v) is 9.34. The van der Waals surface area contributed by atoms with E-state index in [-0.39, 0.29) is 5.56 Å². The van der Waals surface area contributed by atoms with Crippen LogP contribution in [0.15, 0.2) is 66.0 Å². The lowest BCUT2D eigenvalue weighted by molar-refractivity contribution is 0.363. The van der Waals surface area contributed by atoms with Crippen LogP contribution in [0.4, 0.5) is 0 Å². The minimum atomic E-state index is -0.192. The zero-order chi connectivity index (χ0) is 18.8. The maximum atomic E-state index is 12.6. The lowest BCUT2D eigenvalue weighted by atomic mass is 10.2. The predicted octanol–water partition coefficient (Wildman–Crippen LogP) is 3.58. The van der Waals surface area contributed by atoms with Crippen LogP contribution >= 0.6 is 22.9 Å². The Labute approximate surface area is 163 Å². The molecule has 2 heterocycles. The van der Waals surface area contributed by atoms with Crippen LogP contribution in [0.5, 0.6) is 5.75 Å². The average Bonchev–Trinajstić information content (AvgIpc) is 3.21. The Bertz CT molecular complexity index is 1230. The molecular weight excluding hydrogens is 382 g/mol. The number of ether oxygens (including phenoxy) is 1. The van der Waals surface area contributed by atoms with E-state index < -0.39 is 0 Å². The Morgan fingerprint density at radius 1 is 1.22 bits per heavy atom. The molecule has 0 unspecified atom stereocenters. The standard InChI is InChI=1S/C20H14ClN3O2S/c1-2-10-26-16-8-6-13(7-9-16)11-17-19(25)24-20(27-17)22-18(23-24)14-4-3-5-15(21)12-14/h2-9,11-12H,1,10H2/b17-11-. The van der Waals surface area contributed by atoms with Gasteiger partial charge in [0.15, 0.2) is 5.82 Å². The van der Waals surface area contributed by atoms with Gasteiger partial charge in [-0.05, 0) is 35.9 Å². The molecule has 0 N–H and O–H groups in total. The second-order valence-electron chi connectivity index (χ2n) is 5.72. The fourth-order valence-corrected chi connectivity index (χ4v) is 3.65. The Morgan fingerprint density at radius 2 is 2.04 bits per heavy atom. The summed E-state index contributed by atoms with van der Waals surface area (Å²) in [6.45, 7) is 4.07. The first-order chi connectivity index (χ1) is 13.1. The van der Waals surface area contributed by atoms with Gasteiger partial charge in [-0.3, -0.25) is 4.79 Å². The summed E-state index contributed by atoms with van der Waals surface area (Å²) in [6.07, 6.45) is 3.51. The molecule has 4 aromatic rings. The molecule has 5 nitrogen and oxygen atoms in total. The van der Waals surface area contributed by atoms with E-state index in [0.717, 1.165) is 16.9 Å². The van der Waals surface area contributed by atoms with Gasteiger partial charge in [0.2, 0.25) is 4.96 Å². The molecule has 0 spiro atoms. The molecule has 0 aliphatic carbocycles. The summed E-state index contributed by atoms with van der Waals surface area (Å²) in [5.41, 5.74) is 1.49. The molecule has 0 saturated carbocycles. The van der Waals surface area contributed by atoms with E-state index >= 15 is 0 Å². The number of hydrogen-bond acceptors (Lipinski definition) is 5. The number of nitrogens with zero attached hydrogens (tertiary/aromatic N) is 3. The smallest absolute Gasteiger partial charge is 0.291 e. The van der Waals surface area contributed by atoms with E-state index in [0.29, 0.717) is 26.9 Å².